The summed E-state index contributed by atoms with van der Waals surface area (Å²) in [7, 11) is 1.60. The van der Waals surface area contributed by atoms with Gasteiger partial charge in [-0.1, -0.05) is 82.8 Å². The highest BCUT2D eigenvalue weighted by molar-refractivity contribution is 9.10. The number of rotatable bonds is 11. The quantitative estimate of drug-likeness (QED) is 0.286. The van der Waals surface area contributed by atoms with Crippen molar-refractivity contribution in [3.63, 3.8) is 0 Å². The number of benzene rings is 3. The molecule has 1 N–H and O–H groups in total. The van der Waals surface area contributed by atoms with Crippen molar-refractivity contribution in [1.82, 2.24) is 10.2 Å². The van der Waals surface area contributed by atoms with E-state index in [1.165, 1.54) is 0 Å². The predicted molar refractivity (Wildman–Crippen MR) is 153 cm³/mol. The van der Waals surface area contributed by atoms with E-state index in [1.807, 2.05) is 54.6 Å². The molecule has 8 heteroatoms. The van der Waals surface area contributed by atoms with Crippen molar-refractivity contribution in [2.75, 3.05) is 13.7 Å². The molecule has 1 atom stereocenters. The number of hydrogen-bond donors (Lipinski definition) is 1. The summed E-state index contributed by atoms with van der Waals surface area (Å²) in [5.74, 6) is 0.621. The Morgan fingerprint density at radius 1 is 1.03 bits per heavy atom. The van der Waals surface area contributed by atoms with Gasteiger partial charge in [0.15, 0.2) is 6.61 Å². The third-order valence-corrected chi connectivity index (χ3v) is 7.49. The van der Waals surface area contributed by atoms with E-state index in [-0.39, 0.29) is 31.0 Å². The average Bonchev–Trinajstić information content (AvgIpc) is 3.43. The minimum atomic E-state index is -0.722. The van der Waals surface area contributed by atoms with Crippen LogP contribution in [0.3, 0.4) is 0 Å². The second-order valence-electron chi connectivity index (χ2n) is 9.43. The minimum Gasteiger partial charge on any atom is -0.497 e. The van der Waals surface area contributed by atoms with E-state index < -0.39 is 6.04 Å². The first-order valence-corrected chi connectivity index (χ1v) is 13.9. The molecule has 0 spiro atoms. The van der Waals surface area contributed by atoms with E-state index in [0.717, 1.165) is 41.3 Å². The van der Waals surface area contributed by atoms with Crippen molar-refractivity contribution in [3.8, 4) is 11.5 Å². The van der Waals surface area contributed by atoms with Crippen LogP contribution in [0.4, 0.5) is 0 Å². The van der Waals surface area contributed by atoms with Crippen molar-refractivity contribution >= 4 is 39.3 Å². The van der Waals surface area contributed by atoms with Crippen LogP contribution in [-0.2, 0) is 22.6 Å². The van der Waals surface area contributed by atoms with Crippen molar-refractivity contribution < 1.29 is 19.1 Å². The molecule has 200 valence electrons. The number of carbonyl (C=O) groups excluding carboxylic acids is 2. The molecule has 6 nitrogen and oxygen atoms in total. The van der Waals surface area contributed by atoms with Gasteiger partial charge in [-0.2, -0.15) is 0 Å². The van der Waals surface area contributed by atoms with Crippen LogP contribution >= 0.6 is 27.5 Å². The van der Waals surface area contributed by atoms with Gasteiger partial charge in [-0.15, -0.1) is 0 Å². The summed E-state index contributed by atoms with van der Waals surface area (Å²) in [6.45, 7) is -0.0314. The van der Waals surface area contributed by atoms with Gasteiger partial charge in [0.1, 0.15) is 17.5 Å². The molecule has 1 saturated carbocycles. The van der Waals surface area contributed by atoms with E-state index >= 15 is 0 Å². The molecule has 0 saturated heterocycles. The average molecular weight is 600 g/mol. The minimum absolute atomic E-state index is 0.132. The van der Waals surface area contributed by atoms with E-state index in [4.69, 9.17) is 21.1 Å². The van der Waals surface area contributed by atoms with Crippen LogP contribution in [0.2, 0.25) is 5.02 Å². The molecule has 0 aliphatic heterocycles. The Bertz CT molecular complexity index is 1230. The fourth-order valence-corrected chi connectivity index (χ4v) is 5.43. The van der Waals surface area contributed by atoms with Crippen LogP contribution in [0.25, 0.3) is 0 Å². The zero-order valence-electron chi connectivity index (χ0n) is 21.4. The summed E-state index contributed by atoms with van der Waals surface area (Å²) < 4.78 is 12.0. The van der Waals surface area contributed by atoms with Crippen LogP contribution < -0.4 is 14.8 Å². The highest BCUT2D eigenvalue weighted by Gasteiger charge is 2.32. The van der Waals surface area contributed by atoms with Crippen molar-refractivity contribution in [2.24, 2.45) is 0 Å². The molecule has 38 heavy (non-hydrogen) atoms. The summed E-state index contributed by atoms with van der Waals surface area (Å²) >= 11 is 9.69. The number of halogens is 2. The van der Waals surface area contributed by atoms with E-state index in [0.29, 0.717) is 22.9 Å². The molecule has 2 amide bonds. The van der Waals surface area contributed by atoms with Gasteiger partial charge in [-0.05, 0) is 54.3 Å². The normalized spacial score (nSPS) is 14.1. The number of carbonyl (C=O) groups is 2. The Labute approximate surface area is 237 Å². The molecule has 1 aliphatic rings. The fourth-order valence-electron chi connectivity index (χ4n) is 4.70. The molecular weight excluding hydrogens is 568 g/mol. The Balaban J connectivity index is 1.63. The van der Waals surface area contributed by atoms with E-state index in [1.54, 1.807) is 30.2 Å². The summed E-state index contributed by atoms with van der Waals surface area (Å²) in [4.78, 5) is 29.1. The Hall–Kier alpha value is -3.03. The molecule has 1 fully saturated rings. The molecular formula is C30H32BrClN2O4. The van der Waals surface area contributed by atoms with Gasteiger partial charge in [-0.3, -0.25) is 9.59 Å². The smallest absolute Gasteiger partial charge is 0.261 e. The first-order valence-electron chi connectivity index (χ1n) is 12.8. The van der Waals surface area contributed by atoms with Gasteiger partial charge in [0.05, 0.1) is 12.1 Å². The number of methoxy groups -OCH3 is 1. The second-order valence-corrected chi connectivity index (χ2v) is 10.8. The fraction of sp³-hybridized carbons (Fsp3) is 0.333. The highest BCUT2D eigenvalue weighted by atomic mass is 79.9. The summed E-state index contributed by atoms with van der Waals surface area (Å²) in [5, 5.41) is 3.60. The maximum absolute atomic E-state index is 13.8. The third kappa shape index (κ3) is 7.74. The van der Waals surface area contributed by atoms with Crippen LogP contribution in [0.5, 0.6) is 11.5 Å². The van der Waals surface area contributed by atoms with Crippen LogP contribution in [0, 0.1) is 0 Å². The maximum atomic E-state index is 13.8. The zero-order valence-corrected chi connectivity index (χ0v) is 23.7. The Morgan fingerprint density at radius 2 is 1.76 bits per heavy atom. The lowest BCUT2D eigenvalue weighted by atomic mass is 10.0. The topological polar surface area (TPSA) is 67.9 Å². The monoisotopic (exact) mass is 598 g/mol. The summed E-state index contributed by atoms with van der Waals surface area (Å²) in [6.07, 6.45) is 4.50. The van der Waals surface area contributed by atoms with E-state index in [2.05, 4.69) is 21.2 Å². The van der Waals surface area contributed by atoms with Crippen molar-refractivity contribution in [1.29, 1.82) is 0 Å². The number of nitrogens with one attached hydrogen (secondary N) is 1. The summed E-state index contributed by atoms with van der Waals surface area (Å²) in [6, 6.07) is 21.9. The number of hydrogen-bond acceptors (Lipinski definition) is 4. The predicted octanol–water partition coefficient (Wildman–Crippen LogP) is 6.19. The van der Waals surface area contributed by atoms with Gasteiger partial charge < -0.3 is 19.7 Å². The van der Waals surface area contributed by atoms with Crippen molar-refractivity contribution in [2.45, 2.75) is 50.7 Å². The van der Waals surface area contributed by atoms with E-state index in [9.17, 15) is 9.59 Å². The largest absolute Gasteiger partial charge is 0.497 e. The van der Waals surface area contributed by atoms with Crippen LogP contribution in [0.1, 0.15) is 36.8 Å². The molecule has 0 heterocycles. The molecule has 0 unspecified atom stereocenters. The summed E-state index contributed by atoms with van der Waals surface area (Å²) in [5.41, 5.74) is 1.82. The number of ether oxygens (including phenoxy) is 2. The zero-order chi connectivity index (χ0) is 26.9. The third-order valence-electron chi connectivity index (χ3n) is 6.70. The molecule has 0 aromatic heterocycles. The maximum Gasteiger partial charge on any atom is 0.261 e. The molecule has 1 aliphatic carbocycles. The number of amides is 2. The highest BCUT2D eigenvalue weighted by Crippen LogP contribution is 2.28. The molecule has 0 bridgehead atoms. The number of nitrogens with zero attached hydrogens (tertiary/aromatic N) is 1. The van der Waals surface area contributed by atoms with Gasteiger partial charge in [-0.25, -0.2) is 0 Å². The van der Waals surface area contributed by atoms with Gasteiger partial charge in [0.2, 0.25) is 5.91 Å². The molecule has 3 aromatic rings. The van der Waals surface area contributed by atoms with Crippen molar-refractivity contribution in [3.05, 3.63) is 93.4 Å². The SMILES string of the molecule is COc1cccc(CN(C(=O)COc2ccc(Br)cc2Cl)[C@@H](Cc2ccccc2)C(=O)NC2CCCC2)c1. The molecule has 0 radical (unpaired) electrons. The van der Waals surface area contributed by atoms with Crippen LogP contribution in [-0.4, -0.2) is 42.5 Å². The first kappa shape index (κ1) is 28.0. The van der Waals surface area contributed by atoms with Gasteiger partial charge in [0.25, 0.3) is 5.91 Å². The lowest BCUT2D eigenvalue weighted by molar-refractivity contribution is -0.143. The first-order chi connectivity index (χ1) is 18.4. The van der Waals surface area contributed by atoms with Crippen LogP contribution in [0.15, 0.2) is 77.3 Å². The Morgan fingerprint density at radius 3 is 2.47 bits per heavy atom. The van der Waals surface area contributed by atoms with Gasteiger partial charge >= 0.3 is 0 Å². The Kier molecular flexibility index (Phi) is 10.1. The molecule has 3 aromatic carbocycles. The second kappa shape index (κ2) is 13.7. The molecule has 4 rings (SSSR count). The standard InChI is InChI=1S/C30H32BrClN2O4/c1-37-25-13-7-10-22(16-25)19-34(29(35)20-38-28-15-14-23(31)18-26(28)32)27(17-21-8-3-2-4-9-21)30(36)33-24-11-5-6-12-24/h2-4,7-10,13-16,18,24,27H,5-6,11-12,17,19-20H2,1H3,(H,33,36)/t27-/m0/s1. The lowest BCUT2D eigenvalue weighted by Crippen LogP contribution is -2.53. The lowest BCUT2D eigenvalue weighted by Gasteiger charge is -2.32. The van der Waals surface area contributed by atoms with Gasteiger partial charge in [0, 0.05) is 23.5 Å².